The zero-order valence-corrected chi connectivity index (χ0v) is 15.5. The molecule has 7 nitrogen and oxygen atoms in total. The molecule has 1 aromatic carbocycles. The number of nitrogens with zero attached hydrogens (tertiary/aromatic N) is 1. The Morgan fingerprint density at radius 3 is 2.64 bits per heavy atom. The monoisotopic (exact) mass is 388 g/mol. The zero-order valence-electron chi connectivity index (χ0n) is 13.9. The van der Waals surface area contributed by atoms with Gasteiger partial charge in [0, 0.05) is 24.7 Å². The third kappa shape index (κ3) is 5.69. The standard InChI is InChI=1S/C16H21ClN2O5S/c1-12(16(21)19-9-2-3-10-19)24-15(20)7-8-18-25(22,23)14-6-4-5-13(17)11-14/h4-6,11-12,18H,2-3,7-10H2,1H3. The van der Waals surface area contributed by atoms with Gasteiger partial charge < -0.3 is 9.64 Å². The van der Waals surface area contributed by atoms with Crippen molar-refractivity contribution in [2.45, 2.75) is 37.2 Å². The molecule has 1 amide bonds. The van der Waals surface area contributed by atoms with Crippen LogP contribution in [0, 0.1) is 0 Å². The van der Waals surface area contributed by atoms with Gasteiger partial charge in [0.05, 0.1) is 11.3 Å². The fourth-order valence-electron chi connectivity index (χ4n) is 2.51. The fourth-order valence-corrected chi connectivity index (χ4v) is 3.84. The number of benzene rings is 1. The van der Waals surface area contributed by atoms with Crippen molar-refractivity contribution >= 4 is 33.5 Å². The van der Waals surface area contributed by atoms with Crippen LogP contribution in [0.2, 0.25) is 5.02 Å². The average molecular weight is 389 g/mol. The largest absolute Gasteiger partial charge is 0.452 e. The van der Waals surface area contributed by atoms with E-state index in [9.17, 15) is 18.0 Å². The van der Waals surface area contributed by atoms with Gasteiger partial charge in [0.2, 0.25) is 10.0 Å². The summed E-state index contributed by atoms with van der Waals surface area (Å²) in [4.78, 5) is 25.5. The van der Waals surface area contributed by atoms with Gasteiger partial charge in [-0.1, -0.05) is 17.7 Å². The third-order valence-corrected chi connectivity index (χ3v) is 5.50. The summed E-state index contributed by atoms with van der Waals surface area (Å²) in [6, 6.07) is 5.82. The lowest BCUT2D eigenvalue weighted by Crippen LogP contribution is -2.38. The van der Waals surface area contributed by atoms with E-state index in [0.29, 0.717) is 18.1 Å². The number of hydrogen-bond acceptors (Lipinski definition) is 5. The van der Waals surface area contributed by atoms with Crippen molar-refractivity contribution in [1.29, 1.82) is 0 Å². The molecule has 0 spiro atoms. The number of ether oxygens (including phenoxy) is 1. The first-order chi connectivity index (χ1) is 11.8. The summed E-state index contributed by atoms with van der Waals surface area (Å²) in [5.74, 6) is -0.848. The van der Waals surface area contributed by atoms with Crippen LogP contribution in [0.4, 0.5) is 0 Å². The third-order valence-electron chi connectivity index (χ3n) is 3.80. The van der Waals surface area contributed by atoms with Gasteiger partial charge in [-0.3, -0.25) is 9.59 Å². The molecule has 0 aromatic heterocycles. The van der Waals surface area contributed by atoms with Crippen molar-refractivity contribution in [3.05, 3.63) is 29.3 Å². The van der Waals surface area contributed by atoms with E-state index < -0.39 is 22.1 Å². The van der Waals surface area contributed by atoms with E-state index >= 15 is 0 Å². The molecule has 1 atom stereocenters. The van der Waals surface area contributed by atoms with E-state index in [4.69, 9.17) is 16.3 Å². The van der Waals surface area contributed by atoms with Crippen LogP contribution >= 0.6 is 11.6 Å². The van der Waals surface area contributed by atoms with Crippen LogP contribution in [0.5, 0.6) is 0 Å². The van der Waals surface area contributed by atoms with Crippen molar-refractivity contribution < 1.29 is 22.7 Å². The number of halogens is 1. The second-order valence-corrected chi connectivity index (χ2v) is 7.97. The molecule has 1 aliphatic heterocycles. The Bertz CT molecular complexity index is 732. The molecule has 1 N–H and O–H groups in total. The Morgan fingerprint density at radius 2 is 2.00 bits per heavy atom. The topological polar surface area (TPSA) is 92.8 Å². The molecule has 1 heterocycles. The number of likely N-dealkylation sites (tertiary alicyclic amines) is 1. The highest BCUT2D eigenvalue weighted by Gasteiger charge is 2.26. The minimum atomic E-state index is -3.75. The molecular weight excluding hydrogens is 368 g/mol. The van der Waals surface area contributed by atoms with Gasteiger partial charge in [-0.25, -0.2) is 13.1 Å². The van der Waals surface area contributed by atoms with Crippen molar-refractivity contribution in [2.75, 3.05) is 19.6 Å². The van der Waals surface area contributed by atoms with E-state index in [1.807, 2.05) is 0 Å². The number of esters is 1. The van der Waals surface area contributed by atoms with E-state index in [0.717, 1.165) is 12.8 Å². The quantitative estimate of drug-likeness (QED) is 0.715. The molecule has 1 saturated heterocycles. The zero-order chi connectivity index (χ0) is 18.4. The Kier molecular flexibility index (Phi) is 6.80. The lowest BCUT2D eigenvalue weighted by atomic mass is 10.3. The predicted octanol–water partition coefficient (Wildman–Crippen LogP) is 1.56. The van der Waals surface area contributed by atoms with Crippen LogP contribution in [-0.4, -0.2) is 50.9 Å². The lowest BCUT2D eigenvalue weighted by Gasteiger charge is -2.20. The predicted molar refractivity (Wildman–Crippen MR) is 92.6 cm³/mol. The first-order valence-electron chi connectivity index (χ1n) is 8.03. The maximum atomic E-state index is 12.1. The van der Waals surface area contributed by atoms with Crippen molar-refractivity contribution in [2.24, 2.45) is 0 Å². The highest BCUT2D eigenvalue weighted by Crippen LogP contribution is 2.15. The summed E-state index contributed by atoms with van der Waals surface area (Å²) in [5.41, 5.74) is 0. The van der Waals surface area contributed by atoms with Crippen molar-refractivity contribution in [3.63, 3.8) is 0 Å². The van der Waals surface area contributed by atoms with Gasteiger partial charge in [0.1, 0.15) is 0 Å². The van der Waals surface area contributed by atoms with Crippen LogP contribution in [0.3, 0.4) is 0 Å². The van der Waals surface area contributed by atoms with Crippen molar-refractivity contribution in [1.82, 2.24) is 9.62 Å². The molecule has 138 valence electrons. The molecule has 9 heteroatoms. The number of carbonyl (C=O) groups is 2. The summed E-state index contributed by atoms with van der Waals surface area (Å²) in [6.07, 6.45) is 0.877. The summed E-state index contributed by atoms with van der Waals surface area (Å²) in [7, 11) is -3.75. The van der Waals surface area contributed by atoms with Crippen LogP contribution in [0.1, 0.15) is 26.2 Å². The molecule has 1 aromatic rings. The Hall–Kier alpha value is -1.64. The Morgan fingerprint density at radius 1 is 1.32 bits per heavy atom. The molecule has 1 unspecified atom stereocenters. The average Bonchev–Trinajstić information content (AvgIpc) is 3.08. The van der Waals surface area contributed by atoms with Crippen LogP contribution < -0.4 is 4.72 Å². The Balaban J connectivity index is 1.78. The molecule has 1 aliphatic rings. The first kappa shape index (κ1) is 19.7. The molecule has 0 saturated carbocycles. The highest BCUT2D eigenvalue weighted by atomic mass is 35.5. The second-order valence-electron chi connectivity index (χ2n) is 5.77. The molecule has 1 fully saturated rings. The smallest absolute Gasteiger partial charge is 0.307 e. The number of nitrogens with one attached hydrogen (secondary N) is 1. The summed E-state index contributed by atoms with van der Waals surface area (Å²) < 4.78 is 31.6. The van der Waals surface area contributed by atoms with E-state index in [-0.39, 0.29) is 23.8 Å². The summed E-state index contributed by atoms with van der Waals surface area (Å²) >= 11 is 5.77. The SMILES string of the molecule is CC(OC(=O)CCNS(=O)(=O)c1cccc(Cl)c1)C(=O)N1CCCC1. The minimum Gasteiger partial charge on any atom is -0.452 e. The van der Waals surface area contributed by atoms with Gasteiger partial charge in [-0.2, -0.15) is 0 Å². The first-order valence-corrected chi connectivity index (χ1v) is 9.89. The van der Waals surface area contributed by atoms with E-state index in [2.05, 4.69) is 4.72 Å². The van der Waals surface area contributed by atoms with E-state index in [1.165, 1.54) is 25.1 Å². The van der Waals surface area contributed by atoms with Crippen LogP contribution in [0.15, 0.2) is 29.2 Å². The number of carbonyl (C=O) groups excluding carboxylic acids is 2. The van der Waals surface area contributed by atoms with Gasteiger partial charge in [0.15, 0.2) is 6.10 Å². The maximum absolute atomic E-state index is 12.1. The van der Waals surface area contributed by atoms with Crippen LogP contribution in [-0.2, 0) is 24.3 Å². The lowest BCUT2D eigenvalue weighted by molar-refractivity contribution is -0.158. The highest BCUT2D eigenvalue weighted by molar-refractivity contribution is 7.89. The van der Waals surface area contributed by atoms with E-state index in [1.54, 1.807) is 11.0 Å². The van der Waals surface area contributed by atoms with Gasteiger partial charge in [-0.15, -0.1) is 0 Å². The maximum Gasteiger partial charge on any atom is 0.307 e. The molecule has 2 rings (SSSR count). The number of sulfonamides is 1. The van der Waals surface area contributed by atoms with Crippen LogP contribution in [0.25, 0.3) is 0 Å². The van der Waals surface area contributed by atoms with Gasteiger partial charge in [0.25, 0.3) is 5.91 Å². The summed E-state index contributed by atoms with van der Waals surface area (Å²) in [6.45, 7) is 2.76. The van der Waals surface area contributed by atoms with Crippen molar-refractivity contribution in [3.8, 4) is 0 Å². The number of rotatable bonds is 7. The summed E-state index contributed by atoms with van der Waals surface area (Å²) in [5, 5.41) is 0.302. The fraction of sp³-hybridized carbons (Fsp3) is 0.500. The molecular formula is C16H21ClN2O5S. The minimum absolute atomic E-state index is 0.0194. The van der Waals surface area contributed by atoms with Gasteiger partial charge in [-0.05, 0) is 38.0 Å². The molecule has 0 bridgehead atoms. The molecule has 25 heavy (non-hydrogen) atoms. The molecule has 0 aliphatic carbocycles. The number of amides is 1. The number of hydrogen-bond donors (Lipinski definition) is 1. The van der Waals surface area contributed by atoms with Gasteiger partial charge >= 0.3 is 5.97 Å². The second kappa shape index (κ2) is 8.64. The Labute approximate surface area is 152 Å². The molecule has 0 radical (unpaired) electrons. The normalized spacial score (nSPS) is 15.8.